The van der Waals surface area contributed by atoms with Crippen molar-refractivity contribution in [2.24, 2.45) is 0 Å². The molecule has 0 aliphatic carbocycles. The second kappa shape index (κ2) is 11.9. The third-order valence-electron chi connectivity index (χ3n) is 5.90. The number of halogens is 2. The number of amides is 1. The number of para-hydroxylation sites is 1. The minimum absolute atomic E-state index is 0.0703. The summed E-state index contributed by atoms with van der Waals surface area (Å²) in [6, 6.07) is 20.5. The SMILES string of the molecule is Cc1cccc(CN(C[C@@H]2CCCO2)C[C@@H](Oc2ccc(F)c(F)c2)C(=O)Nc2ccccc2)c1. The predicted molar refractivity (Wildman–Crippen MR) is 131 cm³/mol. The quantitative estimate of drug-likeness (QED) is 0.426. The summed E-state index contributed by atoms with van der Waals surface area (Å²) >= 11 is 0. The average Bonchev–Trinajstić information content (AvgIpc) is 3.35. The molecule has 3 aromatic rings. The smallest absolute Gasteiger partial charge is 0.266 e. The van der Waals surface area contributed by atoms with Crippen molar-refractivity contribution in [3.63, 3.8) is 0 Å². The lowest BCUT2D eigenvalue weighted by Gasteiger charge is -2.29. The summed E-state index contributed by atoms with van der Waals surface area (Å²) in [5, 5.41) is 2.87. The van der Waals surface area contributed by atoms with E-state index in [-0.39, 0.29) is 24.3 Å². The third kappa shape index (κ3) is 7.34. The molecule has 0 radical (unpaired) electrons. The van der Waals surface area contributed by atoms with Crippen molar-refractivity contribution >= 4 is 11.6 Å². The van der Waals surface area contributed by atoms with Crippen molar-refractivity contribution in [3.8, 4) is 5.75 Å². The maximum Gasteiger partial charge on any atom is 0.266 e. The number of aryl methyl sites for hydroxylation is 1. The fourth-order valence-corrected chi connectivity index (χ4v) is 4.22. The van der Waals surface area contributed by atoms with E-state index in [1.807, 2.05) is 43.3 Å². The normalized spacial score (nSPS) is 16.3. The molecular formula is C28H30F2N2O3. The number of carbonyl (C=O) groups is 1. The number of anilines is 1. The zero-order valence-corrected chi connectivity index (χ0v) is 19.8. The highest BCUT2D eigenvalue weighted by atomic mass is 19.2. The number of carbonyl (C=O) groups excluding carboxylic acids is 1. The summed E-state index contributed by atoms with van der Waals surface area (Å²) in [6.45, 7) is 4.23. The van der Waals surface area contributed by atoms with Gasteiger partial charge >= 0.3 is 0 Å². The van der Waals surface area contributed by atoms with E-state index in [0.29, 0.717) is 18.8 Å². The minimum atomic E-state index is -1.03. The molecule has 7 heteroatoms. The fourth-order valence-electron chi connectivity index (χ4n) is 4.22. The molecule has 184 valence electrons. The highest BCUT2D eigenvalue weighted by Gasteiger charge is 2.27. The molecule has 1 aliphatic rings. The summed E-state index contributed by atoms with van der Waals surface area (Å²) in [7, 11) is 0. The summed E-state index contributed by atoms with van der Waals surface area (Å²) in [4.78, 5) is 15.4. The summed E-state index contributed by atoms with van der Waals surface area (Å²) in [5.74, 6) is -2.28. The van der Waals surface area contributed by atoms with Crippen molar-refractivity contribution in [1.82, 2.24) is 4.90 Å². The van der Waals surface area contributed by atoms with Gasteiger partial charge in [-0.05, 0) is 49.6 Å². The predicted octanol–water partition coefficient (Wildman–Crippen LogP) is 5.34. The van der Waals surface area contributed by atoms with Gasteiger partial charge in [0.05, 0.1) is 6.10 Å². The Hall–Kier alpha value is -3.29. The Morgan fingerprint density at radius 1 is 1.09 bits per heavy atom. The van der Waals surface area contributed by atoms with Crippen LogP contribution in [0.1, 0.15) is 24.0 Å². The molecule has 0 saturated carbocycles. The monoisotopic (exact) mass is 480 g/mol. The molecule has 4 rings (SSSR count). The molecular weight excluding hydrogens is 450 g/mol. The van der Waals surface area contributed by atoms with Gasteiger partial charge in [-0.2, -0.15) is 0 Å². The highest BCUT2D eigenvalue weighted by molar-refractivity contribution is 5.94. The molecule has 5 nitrogen and oxygen atoms in total. The number of nitrogens with zero attached hydrogens (tertiary/aromatic N) is 1. The summed E-state index contributed by atoms with van der Waals surface area (Å²) < 4.78 is 39.1. The van der Waals surface area contributed by atoms with Crippen molar-refractivity contribution in [3.05, 3.63) is 95.6 Å². The lowest BCUT2D eigenvalue weighted by atomic mass is 10.1. The lowest BCUT2D eigenvalue weighted by Crippen LogP contribution is -2.45. The van der Waals surface area contributed by atoms with E-state index >= 15 is 0 Å². The van der Waals surface area contributed by atoms with Crippen LogP contribution in [0.5, 0.6) is 5.75 Å². The van der Waals surface area contributed by atoms with Crippen LogP contribution in [-0.4, -0.2) is 42.7 Å². The molecule has 35 heavy (non-hydrogen) atoms. The molecule has 2 atom stereocenters. The zero-order chi connectivity index (χ0) is 24.6. The molecule has 0 spiro atoms. The van der Waals surface area contributed by atoms with Crippen molar-refractivity contribution in [1.29, 1.82) is 0 Å². The Bertz CT molecular complexity index is 1120. The number of benzene rings is 3. The van der Waals surface area contributed by atoms with Crippen LogP contribution in [0.2, 0.25) is 0 Å². The molecule has 1 amide bonds. The van der Waals surface area contributed by atoms with E-state index in [4.69, 9.17) is 9.47 Å². The standard InChI is InChI=1S/C28H30F2N2O3/c1-20-7-5-8-21(15-20)17-32(18-24-11-6-14-34-24)19-27(28(33)31-22-9-3-2-4-10-22)35-23-12-13-25(29)26(30)16-23/h2-5,7-10,12-13,15-16,24,27H,6,11,14,17-19H2,1H3,(H,31,33)/t24-,27+/m0/s1. The number of hydrogen-bond acceptors (Lipinski definition) is 4. The van der Waals surface area contributed by atoms with Crippen LogP contribution >= 0.6 is 0 Å². The second-order valence-electron chi connectivity index (χ2n) is 8.86. The molecule has 1 fully saturated rings. The van der Waals surface area contributed by atoms with Crippen LogP contribution in [0, 0.1) is 18.6 Å². The Morgan fingerprint density at radius 3 is 2.63 bits per heavy atom. The van der Waals surface area contributed by atoms with E-state index < -0.39 is 17.7 Å². The van der Waals surface area contributed by atoms with Gasteiger partial charge in [-0.25, -0.2) is 8.78 Å². The van der Waals surface area contributed by atoms with Gasteiger partial charge in [-0.1, -0.05) is 48.0 Å². The number of ether oxygens (including phenoxy) is 2. The van der Waals surface area contributed by atoms with Crippen LogP contribution in [-0.2, 0) is 16.1 Å². The van der Waals surface area contributed by atoms with Gasteiger partial charge < -0.3 is 14.8 Å². The first kappa shape index (κ1) is 24.8. The summed E-state index contributed by atoms with van der Waals surface area (Å²) in [5.41, 5.74) is 2.88. The molecule has 1 N–H and O–H groups in total. The van der Waals surface area contributed by atoms with E-state index in [1.165, 1.54) is 6.07 Å². The van der Waals surface area contributed by atoms with E-state index in [0.717, 1.165) is 42.7 Å². The first-order valence-corrected chi connectivity index (χ1v) is 11.8. The second-order valence-corrected chi connectivity index (χ2v) is 8.86. The first-order valence-electron chi connectivity index (χ1n) is 11.8. The topological polar surface area (TPSA) is 50.8 Å². The average molecular weight is 481 g/mol. The Morgan fingerprint density at radius 2 is 1.91 bits per heavy atom. The van der Waals surface area contributed by atoms with Crippen LogP contribution in [0.25, 0.3) is 0 Å². The molecule has 1 heterocycles. The van der Waals surface area contributed by atoms with E-state index in [9.17, 15) is 13.6 Å². The van der Waals surface area contributed by atoms with E-state index in [2.05, 4.69) is 16.3 Å². The molecule has 0 aromatic heterocycles. The van der Waals surface area contributed by atoms with Crippen LogP contribution in [0.3, 0.4) is 0 Å². The number of hydrogen-bond donors (Lipinski definition) is 1. The lowest BCUT2D eigenvalue weighted by molar-refractivity contribution is -0.123. The largest absolute Gasteiger partial charge is 0.479 e. The Kier molecular flexibility index (Phi) is 8.45. The van der Waals surface area contributed by atoms with Crippen molar-refractivity contribution in [2.45, 2.75) is 38.5 Å². The van der Waals surface area contributed by atoms with Gasteiger partial charge in [0.25, 0.3) is 5.91 Å². The highest BCUT2D eigenvalue weighted by Crippen LogP contribution is 2.20. The van der Waals surface area contributed by atoms with Crippen molar-refractivity contribution < 1.29 is 23.0 Å². The van der Waals surface area contributed by atoms with Gasteiger partial charge in [0.15, 0.2) is 17.7 Å². The number of nitrogens with one attached hydrogen (secondary N) is 1. The minimum Gasteiger partial charge on any atom is -0.479 e. The molecule has 1 aliphatic heterocycles. The van der Waals surface area contributed by atoms with E-state index in [1.54, 1.807) is 12.1 Å². The summed E-state index contributed by atoms with van der Waals surface area (Å²) in [6.07, 6.45) is 1.06. The van der Waals surface area contributed by atoms with Gasteiger partial charge in [-0.15, -0.1) is 0 Å². The molecule has 0 bridgehead atoms. The fraction of sp³-hybridized carbons (Fsp3) is 0.321. The van der Waals surface area contributed by atoms with Crippen LogP contribution in [0.15, 0.2) is 72.8 Å². The third-order valence-corrected chi connectivity index (χ3v) is 5.90. The number of rotatable bonds is 10. The molecule has 0 unspecified atom stereocenters. The Labute approximate surface area is 204 Å². The van der Waals surface area contributed by atoms with Crippen molar-refractivity contribution in [2.75, 3.05) is 25.0 Å². The molecule has 1 saturated heterocycles. The first-order chi connectivity index (χ1) is 17.0. The maximum atomic E-state index is 13.9. The van der Waals surface area contributed by atoms with Gasteiger partial charge in [-0.3, -0.25) is 9.69 Å². The van der Waals surface area contributed by atoms with Crippen LogP contribution in [0.4, 0.5) is 14.5 Å². The van der Waals surface area contributed by atoms with Crippen LogP contribution < -0.4 is 10.1 Å². The van der Waals surface area contributed by atoms with Gasteiger partial charge in [0, 0.05) is 38.0 Å². The van der Waals surface area contributed by atoms with Gasteiger partial charge in [0.2, 0.25) is 0 Å². The maximum absolute atomic E-state index is 13.9. The zero-order valence-electron chi connectivity index (χ0n) is 19.8. The Balaban J connectivity index is 1.56. The molecule has 3 aromatic carbocycles. The van der Waals surface area contributed by atoms with Gasteiger partial charge in [0.1, 0.15) is 5.75 Å².